The predicted molar refractivity (Wildman–Crippen MR) is 66.1 cm³/mol. The standard InChI is InChI=1S/C13H13N3O/c14-16(12-8-4-5-9-15-12)13(17)10-11-6-2-1-3-7-11/h1-9H,10,14H2. The predicted octanol–water partition coefficient (Wildman–Crippen LogP) is 1.53. The molecule has 86 valence electrons. The number of anilines is 1. The molecule has 1 aromatic heterocycles. The van der Waals surface area contributed by atoms with Gasteiger partial charge in [0.05, 0.1) is 6.42 Å². The number of aromatic nitrogens is 1. The summed E-state index contributed by atoms with van der Waals surface area (Å²) in [7, 11) is 0. The number of nitrogens with two attached hydrogens (primary N) is 1. The van der Waals surface area contributed by atoms with Crippen molar-refractivity contribution >= 4 is 11.7 Å². The number of hydrazine groups is 1. The van der Waals surface area contributed by atoms with Crippen LogP contribution in [0, 0.1) is 0 Å². The van der Waals surface area contributed by atoms with Gasteiger partial charge < -0.3 is 0 Å². The molecule has 0 saturated carbocycles. The monoisotopic (exact) mass is 227 g/mol. The third-order valence-corrected chi connectivity index (χ3v) is 2.36. The molecule has 0 fully saturated rings. The van der Waals surface area contributed by atoms with E-state index in [1.165, 1.54) is 0 Å². The first kappa shape index (κ1) is 11.3. The number of carbonyl (C=O) groups excluding carboxylic acids is 1. The molecule has 0 saturated heterocycles. The summed E-state index contributed by atoms with van der Waals surface area (Å²) in [6, 6.07) is 14.7. The van der Waals surface area contributed by atoms with Crippen LogP contribution in [0.1, 0.15) is 5.56 Å². The van der Waals surface area contributed by atoms with Crippen LogP contribution in [0.15, 0.2) is 54.7 Å². The van der Waals surface area contributed by atoms with Crippen LogP contribution in [0.25, 0.3) is 0 Å². The van der Waals surface area contributed by atoms with Gasteiger partial charge in [0.1, 0.15) is 5.82 Å². The molecule has 0 aliphatic heterocycles. The summed E-state index contributed by atoms with van der Waals surface area (Å²) in [5.41, 5.74) is 0.934. The van der Waals surface area contributed by atoms with Crippen molar-refractivity contribution in [3.8, 4) is 0 Å². The minimum atomic E-state index is -0.185. The third-order valence-electron chi connectivity index (χ3n) is 2.36. The number of benzene rings is 1. The number of rotatable bonds is 3. The lowest BCUT2D eigenvalue weighted by Gasteiger charge is -2.15. The Bertz CT molecular complexity index is 485. The molecule has 0 aliphatic carbocycles. The van der Waals surface area contributed by atoms with Gasteiger partial charge in [0, 0.05) is 6.20 Å². The van der Waals surface area contributed by atoms with Crippen molar-refractivity contribution < 1.29 is 4.79 Å². The van der Waals surface area contributed by atoms with E-state index in [2.05, 4.69) is 4.98 Å². The minimum absolute atomic E-state index is 0.185. The lowest BCUT2D eigenvalue weighted by Crippen LogP contribution is -2.39. The fraction of sp³-hybridized carbons (Fsp3) is 0.0769. The molecule has 1 amide bonds. The zero-order valence-corrected chi connectivity index (χ0v) is 9.28. The van der Waals surface area contributed by atoms with Gasteiger partial charge in [-0.05, 0) is 17.7 Å². The molecule has 4 nitrogen and oxygen atoms in total. The summed E-state index contributed by atoms with van der Waals surface area (Å²) in [5.74, 6) is 5.97. The van der Waals surface area contributed by atoms with Gasteiger partial charge in [-0.15, -0.1) is 0 Å². The number of hydrogen-bond acceptors (Lipinski definition) is 3. The SMILES string of the molecule is NN(C(=O)Cc1ccccc1)c1ccccn1. The first-order valence-corrected chi connectivity index (χ1v) is 5.30. The van der Waals surface area contributed by atoms with Gasteiger partial charge >= 0.3 is 0 Å². The third kappa shape index (κ3) is 2.89. The molecule has 4 heteroatoms. The lowest BCUT2D eigenvalue weighted by atomic mass is 10.1. The topological polar surface area (TPSA) is 59.2 Å². The molecule has 1 aromatic carbocycles. The van der Waals surface area contributed by atoms with Crippen molar-refractivity contribution in [2.45, 2.75) is 6.42 Å². The number of nitrogens with zero attached hydrogens (tertiary/aromatic N) is 2. The Morgan fingerprint density at radius 1 is 1.12 bits per heavy atom. The Kier molecular flexibility index (Phi) is 3.47. The quantitative estimate of drug-likeness (QED) is 0.491. The van der Waals surface area contributed by atoms with Gasteiger partial charge in [-0.1, -0.05) is 36.4 Å². The molecular weight excluding hydrogens is 214 g/mol. The molecular formula is C13H13N3O. The van der Waals surface area contributed by atoms with Crippen molar-refractivity contribution in [1.29, 1.82) is 0 Å². The molecule has 2 N–H and O–H groups in total. The highest BCUT2D eigenvalue weighted by molar-refractivity contribution is 5.92. The second-order valence-corrected chi connectivity index (χ2v) is 3.61. The molecule has 1 heterocycles. The highest BCUT2D eigenvalue weighted by atomic mass is 16.2. The maximum Gasteiger partial charge on any atom is 0.246 e. The summed E-state index contributed by atoms with van der Waals surface area (Å²) in [4.78, 5) is 15.9. The molecule has 0 aliphatic rings. The summed E-state index contributed by atoms with van der Waals surface area (Å²) < 4.78 is 0. The van der Waals surface area contributed by atoms with Gasteiger partial charge in [-0.3, -0.25) is 4.79 Å². The smallest absolute Gasteiger partial charge is 0.246 e. The fourth-order valence-electron chi connectivity index (χ4n) is 1.48. The van der Waals surface area contributed by atoms with Gasteiger partial charge in [0.2, 0.25) is 5.91 Å². The number of amides is 1. The molecule has 0 bridgehead atoms. The molecule has 0 radical (unpaired) electrons. The van der Waals surface area contributed by atoms with Crippen LogP contribution in [-0.4, -0.2) is 10.9 Å². The maximum atomic E-state index is 11.9. The first-order chi connectivity index (χ1) is 8.27. The van der Waals surface area contributed by atoms with Crippen molar-refractivity contribution in [3.63, 3.8) is 0 Å². The lowest BCUT2D eigenvalue weighted by molar-refractivity contribution is -0.118. The van der Waals surface area contributed by atoms with Crippen molar-refractivity contribution in [3.05, 3.63) is 60.3 Å². The van der Waals surface area contributed by atoms with Crippen molar-refractivity contribution in [1.82, 2.24) is 4.98 Å². The van der Waals surface area contributed by atoms with E-state index in [0.29, 0.717) is 5.82 Å². The minimum Gasteiger partial charge on any atom is -0.273 e. The Morgan fingerprint density at radius 3 is 2.47 bits per heavy atom. The Labute approximate surface area is 99.7 Å². The molecule has 0 atom stereocenters. The summed E-state index contributed by atoms with van der Waals surface area (Å²) in [6.07, 6.45) is 1.87. The number of pyridine rings is 1. The highest BCUT2D eigenvalue weighted by Crippen LogP contribution is 2.08. The zero-order valence-electron chi connectivity index (χ0n) is 9.28. The maximum absolute atomic E-state index is 11.9. The van der Waals surface area contributed by atoms with Crippen molar-refractivity contribution in [2.24, 2.45) is 5.84 Å². The number of hydrogen-bond donors (Lipinski definition) is 1. The van der Waals surface area contributed by atoms with Crippen LogP contribution >= 0.6 is 0 Å². The number of carbonyl (C=O) groups is 1. The fourth-order valence-corrected chi connectivity index (χ4v) is 1.48. The second kappa shape index (κ2) is 5.23. The van der Waals surface area contributed by atoms with Crippen LogP contribution in [0.3, 0.4) is 0 Å². The van der Waals surface area contributed by atoms with E-state index in [1.807, 2.05) is 30.3 Å². The van der Waals surface area contributed by atoms with E-state index < -0.39 is 0 Å². The molecule has 17 heavy (non-hydrogen) atoms. The zero-order chi connectivity index (χ0) is 12.1. The van der Waals surface area contributed by atoms with Crippen LogP contribution in [-0.2, 0) is 11.2 Å². The van der Waals surface area contributed by atoms with E-state index in [4.69, 9.17) is 5.84 Å². The summed E-state index contributed by atoms with van der Waals surface area (Å²) >= 11 is 0. The van der Waals surface area contributed by atoms with Gasteiger partial charge in [0.15, 0.2) is 0 Å². The summed E-state index contributed by atoms with van der Waals surface area (Å²) in [6.45, 7) is 0. The molecule has 2 aromatic rings. The Hall–Kier alpha value is -2.20. The van der Waals surface area contributed by atoms with Crippen LogP contribution in [0.4, 0.5) is 5.82 Å². The van der Waals surface area contributed by atoms with Gasteiger partial charge in [-0.2, -0.15) is 0 Å². The van der Waals surface area contributed by atoms with E-state index in [-0.39, 0.29) is 12.3 Å². The van der Waals surface area contributed by atoms with Gasteiger partial charge in [-0.25, -0.2) is 15.8 Å². The molecule has 2 rings (SSSR count). The Balaban J connectivity index is 2.06. The van der Waals surface area contributed by atoms with E-state index in [0.717, 1.165) is 10.6 Å². The van der Waals surface area contributed by atoms with Crippen LogP contribution in [0.2, 0.25) is 0 Å². The largest absolute Gasteiger partial charge is 0.273 e. The average Bonchev–Trinajstić information content (AvgIpc) is 2.40. The van der Waals surface area contributed by atoms with Crippen LogP contribution in [0.5, 0.6) is 0 Å². The highest BCUT2D eigenvalue weighted by Gasteiger charge is 2.12. The second-order valence-electron chi connectivity index (χ2n) is 3.61. The first-order valence-electron chi connectivity index (χ1n) is 5.30. The van der Waals surface area contributed by atoms with Gasteiger partial charge in [0.25, 0.3) is 0 Å². The van der Waals surface area contributed by atoms with Crippen LogP contribution < -0.4 is 10.9 Å². The van der Waals surface area contributed by atoms with E-state index in [9.17, 15) is 4.79 Å². The summed E-state index contributed by atoms with van der Waals surface area (Å²) in [5, 5.41) is 1.08. The van der Waals surface area contributed by atoms with Crippen molar-refractivity contribution in [2.75, 3.05) is 5.01 Å². The normalized spacial score (nSPS) is 9.94. The van der Waals surface area contributed by atoms with E-state index >= 15 is 0 Å². The van der Waals surface area contributed by atoms with E-state index in [1.54, 1.807) is 24.4 Å². The average molecular weight is 227 g/mol. The Morgan fingerprint density at radius 2 is 1.82 bits per heavy atom. The molecule has 0 spiro atoms. The molecule has 0 unspecified atom stereocenters.